The van der Waals surface area contributed by atoms with Crippen molar-refractivity contribution in [2.45, 2.75) is 6.10 Å². The molecule has 0 radical (unpaired) electrons. The second-order valence-electron chi connectivity index (χ2n) is 6.11. The van der Waals surface area contributed by atoms with Gasteiger partial charge in [-0.2, -0.15) is 0 Å². The molecule has 1 aromatic heterocycles. The molecule has 2 heterocycles. The molecule has 1 aromatic carbocycles. The number of rotatable bonds is 5. The van der Waals surface area contributed by atoms with E-state index < -0.39 is 0 Å². The molecular weight excluding hydrogens is 311 g/mol. The molecule has 24 heavy (non-hydrogen) atoms. The largest absolute Gasteiger partial charge is 0.373 e. The van der Waals surface area contributed by atoms with Crippen LogP contribution in [0.25, 0.3) is 10.9 Å². The number of primary amides is 1. The molecule has 1 aliphatic heterocycles. The van der Waals surface area contributed by atoms with Gasteiger partial charge in [0.15, 0.2) is 0 Å². The second kappa shape index (κ2) is 7.11. The molecule has 6 nitrogen and oxygen atoms in total. The number of likely N-dealkylation sites (N-methyl/N-ethyl adjacent to an activating group) is 1. The van der Waals surface area contributed by atoms with Gasteiger partial charge in [-0.1, -0.05) is 0 Å². The van der Waals surface area contributed by atoms with E-state index in [0.717, 1.165) is 17.7 Å². The molecule has 2 N–H and O–H groups in total. The molecule has 1 fully saturated rings. The van der Waals surface area contributed by atoms with Crippen LogP contribution in [0.2, 0.25) is 0 Å². The number of aromatic nitrogens is 1. The highest BCUT2D eigenvalue weighted by Gasteiger charge is 2.23. The maximum absolute atomic E-state index is 13.4. The van der Waals surface area contributed by atoms with Gasteiger partial charge in [-0.15, -0.1) is 0 Å². The van der Waals surface area contributed by atoms with Crippen molar-refractivity contribution < 1.29 is 13.9 Å². The van der Waals surface area contributed by atoms with Gasteiger partial charge in [0.05, 0.1) is 24.8 Å². The van der Waals surface area contributed by atoms with E-state index in [-0.39, 0.29) is 24.4 Å². The van der Waals surface area contributed by atoms with Gasteiger partial charge in [-0.25, -0.2) is 9.37 Å². The van der Waals surface area contributed by atoms with E-state index in [1.54, 1.807) is 6.07 Å². The van der Waals surface area contributed by atoms with Gasteiger partial charge in [0.25, 0.3) is 0 Å². The minimum atomic E-state index is -0.358. The van der Waals surface area contributed by atoms with Crippen LogP contribution in [0.15, 0.2) is 30.3 Å². The zero-order chi connectivity index (χ0) is 17.1. The number of carbonyl (C=O) groups is 1. The van der Waals surface area contributed by atoms with Crippen molar-refractivity contribution in [3.05, 3.63) is 36.1 Å². The van der Waals surface area contributed by atoms with E-state index in [4.69, 9.17) is 10.5 Å². The predicted molar refractivity (Wildman–Crippen MR) is 90.3 cm³/mol. The number of fused-ring (bicyclic) bond motifs is 1. The molecule has 128 valence electrons. The number of ether oxygens (including phenoxy) is 1. The minimum absolute atomic E-state index is 0.0342. The quantitative estimate of drug-likeness (QED) is 0.884. The summed E-state index contributed by atoms with van der Waals surface area (Å²) in [6.07, 6.45) is -0.0342. The summed E-state index contributed by atoms with van der Waals surface area (Å²) in [7, 11) is 1.84. The van der Waals surface area contributed by atoms with Crippen LogP contribution in [0.1, 0.15) is 0 Å². The molecule has 1 saturated heterocycles. The first-order chi connectivity index (χ1) is 11.5. The Morgan fingerprint density at radius 2 is 2.25 bits per heavy atom. The molecule has 1 amide bonds. The average molecular weight is 332 g/mol. The molecule has 3 rings (SSSR count). The molecular formula is C17H21FN4O2. The highest BCUT2D eigenvalue weighted by molar-refractivity contribution is 5.80. The summed E-state index contributed by atoms with van der Waals surface area (Å²) in [5, 5.41) is 0.908. The zero-order valence-electron chi connectivity index (χ0n) is 13.6. The molecule has 1 aliphatic rings. The molecule has 0 saturated carbocycles. The SMILES string of the molecule is CN(CC(N)=O)CC1CN(c2ccc3ccc(F)cc3n2)CCO1. The van der Waals surface area contributed by atoms with Crippen molar-refractivity contribution in [3.8, 4) is 0 Å². The molecule has 7 heteroatoms. The first-order valence-electron chi connectivity index (χ1n) is 7.91. The Balaban J connectivity index is 1.71. The number of morpholine rings is 1. The van der Waals surface area contributed by atoms with Crippen LogP contribution < -0.4 is 10.6 Å². The molecule has 0 aliphatic carbocycles. The Kier molecular flexibility index (Phi) is 4.92. The van der Waals surface area contributed by atoms with Crippen molar-refractivity contribution >= 4 is 22.6 Å². The molecule has 1 unspecified atom stereocenters. The van der Waals surface area contributed by atoms with Crippen molar-refractivity contribution in [1.29, 1.82) is 0 Å². The van der Waals surface area contributed by atoms with Gasteiger partial charge in [0.1, 0.15) is 11.6 Å². The molecule has 1 atom stereocenters. The van der Waals surface area contributed by atoms with Gasteiger partial charge in [0, 0.05) is 31.1 Å². The zero-order valence-corrected chi connectivity index (χ0v) is 13.6. The predicted octanol–water partition coefficient (Wildman–Crippen LogP) is 0.996. The summed E-state index contributed by atoms with van der Waals surface area (Å²) < 4.78 is 19.2. The summed E-state index contributed by atoms with van der Waals surface area (Å²) in [5.41, 5.74) is 5.85. The van der Waals surface area contributed by atoms with Crippen LogP contribution >= 0.6 is 0 Å². The molecule has 2 aromatic rings. The van der Waals surface area contributed by atoms with Gasteiger partial charge in [-0.3, -0.25) is 9.69 Å². The Hall–Kier alpha value is -2.25. The van der Waals surface area contributed by atoms with Crippen LogP contribution in [0, 0.1) is 5.82 Å². The summed E-state index contributed by atoms with van der Waals surface area (Å²) in [5.74, 6) is 0.155. The number of anilines is 1. The summed E-state index contributed by atoms with van der Waals surface area (Å²) in [6, 6.07) is 8.49. The smallest absolute Gasteiger partial charge is 0.231 e. The lowest BCUT2D eigenvalue weighted by Crippen LogP contribution is -2.48. The summed E-state index contributed by atoms with van der Waals surface area (Å²) in [4.78, 5) is 19.5. The first-order valence-corrected chi connectivity index (χ1v) is 7.91. The lowest BCUT2D eigenvalue weighted by atomic mass is 10.2. The Morgan fingerprint density at radius 1 is 1.46 bits per heavy atom. The van der Waals surface area contributed by atoms with E-state index >= 15 is 0 Å². The number of hydrogen-bond acceptors (Lipinski definition) is 5. The maximum Gasteiger partial charge on any atom is 0.231 e. The number of pyridine rings is 1. The molecule has 0 spiro atoms. The maximum atomic E-state index is 13.4. The van der Waals surface area contributed by atoms with Gasteiger partial charge in [0.2, 0.25) is 5.91 Å². The third kappa shape index (κ3) is 3.98. The van der Waals surface area contributed by atoms with E-state index in [2.05, 4.69) is 9.88 Å². The van der Waals surface area contributed by atoms with Crippen LogP contribution in [0.5, 0.6) is 0 Å². The summed E-state index contributed by atoms with van der Waals surface area (Å²) >= 11 is 0. The Labute approximate surface area is 140 Å². The average Bonchev–Trinajstić information content (AvgIpc) is 2.53. The fourth-order valence-electron chi connectivity index (χ4n) is 2.97. The van der Waals surface area contributed by atoms with Gasteiger partial charge < -0.3 is 15.4 Å². The Bertz CT molecular complexity index is 740. The van der Waals surface area contributed by atoms with Gasteiger partial charge in [-0.05, 0) is 31.3 Å². The monoisotopic (exact) mass is 332 g/mol. The number of carbonyl (C=O) groups excluding carboxylic acids is 1. The molecule has 0 bridgehead atoms. The number of benzene rings is 1. The fourth-order valence-corrected chi connectivity index (χ4v) is 2.97. The van der Waals surface area contributed by atoms with E-state index in [9.17, 15) is 9.18 Å². The van der Waals surface area contributed by atoms with Crippen LogP contribution in [0.3, 0.4) is 0 Å². The fraction of sp³-hybridized carbons (Fsp3) is 0.412. The minimum Gasteiger partial charge on any atom is -0.373 e. The van der Waals surface area contributed by atoms with E-state index in [0.29, 0.717) is 25.2 Å². The number of halogens is 1. The lowest BCUT2D eigenvalue weighted by Gasteiger charge is -2.35. The van der Waals surface area contributed by atoms with Crippen molar-refractivity contribution in [2.75, 3.05) is 44.7 Å². The standard InChI is InChI=1S/C17H21FN4O2/c1-21(11-16(19)23)9-14-10-22(6-7-24-14)17-5-3-12-2-4-13(18)8-15(12)20-17/h2-5,8,14H,6-7,9-11H2,1H3,(H2,19,23). The van der Waals surface area contributed by atoms with Gasteiger partial charge >= 0.3 is 0 Å². The third-order valence-corrected chi connectivity index (χ3v) is 4.04. The van der Waals surface area contributed by atoms with Crippen LogP contribution in [0.4, 0.5) is 10.2 Å². The van der Waals surface area contributed by atoms with E-state index in [1.807, 2.05) is 24.1 Å². The first kappa shape index (κ1) is 16.6. The summed E-state index contributed by atoms with van der Waals surface area (Å²) in [6.45, 7) is 2.79. The van der Waals surface area contributed by atoms with Crippen LogP contribution in [-0.4, -0.2) is 61.7 Å². The van der Waals surface area contributed by atoms with Crippen molar-refractivity contribution in [3.63, 3.8) is 0 Å². The normalized spacial score (nSPS) is 18.3. The number of hydrogen-bond donors (Lipinski definition) is 1. The lowest BCUT2D eigenvalue weighted by molar-refractivity contribution is -0.119. The number of amides is 1. The number of nitrogens with zero attached hydrogens (tertiary/aromatic N) is 3. The highest BCUT2D eigenvalue weighted by Crippen LogP contribution is 2.21. The van der Waals surface area contributed by atoms with E-state index in [1.165, 1.54) is 12.1 Å². The van der Waals surface area contributed by atoms with Crippen LogP contribution in [-0.2, 0) is 9.53 Å². The van der Waals surface area contributed by atoms with Crippen molar-refractivity contribution in [1.82, 2.24) is 9.88 Å². The second-order valence-corrected chi connectivity index (χ2v) is 6.11. The highest BCUT2D eigenvalue weighted by atomic mass is 19.1. The Morgan fingerprint density at radius 3 is 3.04 bits per heavy atom. The third-order valence-electron chi connectivity index (χ3n) is 4.04. The topological polar surface area (TPSA) is 71.7 Å². The van der Waals surface area contributed by atoms with Crippen molar-refractivity contribution in [2.24, 2.45) is 5.73 Å². The number of nitrogens with two attached hydrogens (primary N) is 1.